The normalized spacial score (nSPS) is 10.7. The zero-order valence-corrected chi connectivity index (χ0v) is 16.5. The van der Waals surface area contributed by atoms with Crippen molar-refractivity contribution in [3.63, 3.8) is 0 Å². The third-order valence-electron chi connectivity index (χ3n) is 3.91. The van der Waals surface area contributed by atoms with Gasteiger partial charge in [0.2, 0.25) is 10.0 Å². The van der Waals surface area contributed by atoms with Gasteiger partial charge >= 0.3 is 6.03 Å². The summed E-state index contributed by atoms with van der Waals surface area (Å²) in [6, 6.07) is 8.49. The fourth-order valence-electron chi connectivity index (χ4n) is 2.43. The maximum Gasteiger partial charge on any atom is 0.323 e. The Morgan fingerprint density at radius 3 is 2.57 bits per heavy atom. The van der Waals surface area contributed by atoms with Gasteiger partial charge in [-0.3, -0.25) is 9.97 Å². The highest BCUT2D eigenvalue weighted by atomic mass is 32.2. The van der Waals surface area contributed by atoms with Gasteiger partial charge in [0.05, 0.1) is 23.0 Å². The number of urea groups is 1. The number of nitrogens with one attached hydrogen (secondary N) is 2. The van der Waals surface area contributed by atoms with Crippen LogP contribution >= 0.6 is 0 Å². The molecule has 0 radical (unpaired) electrons. The van der Waals surface area contributed by atoms with E-state index in [-0.39, 0.29) is 27.6 Å². The van der Waals surface area contributed by atoms with Crippen molar-refractivity contribution in [2.75, 3.05) is 10.6 Å². The summed E-state index contributed by atoms with van der Waals surface area (Å²) in [5, 5.41) is 19.7. The molecule has 2 heterocycles. The predicted octanol–water partition coefficient (Wildman–Crippen LogP) is 2.74. The van der Waals surface area contributed by atoms with Gasteiger partial charge in [0.1, 0.15) is 23.1 Å². The second kappa shape index (κ2) is 8.56. The Hall–Kier alpha value is -4.01. The number of nitriles is 1. The number of primary sulfonamides is 1. The lowest BCUT2D eigenvalue weighted by molar-refractivity contribution is 0.262. The van der Waals surface area contributed by atoms with Crippen LogP contribution in [0.5, 0.6) is 11.5 Å². The van der Waals surface area contributed by atoms with Gasteiger partial charge in [0.15, 0.2) is 5.75 Å². The van der Waals surface area contributed by atoms with Crippen LogP contribution in [-0.4, -0.2) is 24.4 Å². The van der Waals surface area contributed by atoms with Crippen LogP contribution in [0.15, 0.2) is 60.0 Å². The molecule has 3 aromatic rings. The molecule has 2 amide bonds. The SMILES string of the molecule is Cc1ccncc1NC(=O)Nc1cncc(C#N)c1Oc1cccc(S(N)(=O)=O)c1. The number of hydrogen-bond donors (Lipinski definition) is 3. The molecule has 1 aromatic carbocycles. The number of aryl methyl sites for hydroxylation is 1. The number of amides is 2. The Bertz CT molecular complexity index is 1250. The minimum absolute atomic E-state index is 0.00266. The highest BCUT2D eigenvalue weighted by Crippen LogP contribution is 2.33. The lowest BCUT2D eigenvalue weighted by Crippen LogP contribution is -2.20. The van der Waals surface area contributed by atoms with Crippen molar-refractivity contribution in [2.24, 2.45) is 5.14 Å². The largest absolute Gasteiger partial charge is 0.454 e. The average Bonchev–Trinajstić information content (AvgIpc) is 2.70. The summed E-state index contributed by atoms with van der Waals surface area (Å²) in [5.74, 6) is 0.105. The van der Waals surface area contributed by atoms with Gasteiger partial charge in [0, 0.05) is 18.5 Å². The summed E-state index contributed by atoms with van der Waals surface area (Å²) >= 11 is 0. The first kappa shape index (κ1) is 20.7. The number of nitrogens with zero attached hydrogens (tertiary/aromatic N) is 3. The van der Waals surface area contributed by atoms with E-state index in [4.69, 9.17) is 9.88 Å². The van der Waals surface area contributed by atoms with E-state index >= 15 is 0 Å². The molecule has 3 rings (SSSR count). The van der Waals surface area contributed by atoms with Crippen LogP contribution in [0, 0.1) is 18.3 Å². The lowest BCUT2D eigenvalue weighted by Gasteiger charge is -2.14. The molecule has 0 saturated carbocycles. The lowest BCUT2D eigenvalue weighted by atomic mass is 10.2. The number of carbonyl (C=O) groups is 1. The minimum atomic E-state index is -3.94. The Kier molecular flexibility index (Phi) is 5.91. The zero-order valence-electron chi connectivity index (χ0n) is 15.7. The second-order valence-corrected chi connectivity index (χ2v) is 7.63. The highest BCUT2D eigenvalue weighted by molar-refractivity contribution is 7.89. The molecule has 10 nitrogen and oxygen atoms in total. The van der Waals surface area contributed by atoms with E-state index in [1.54, 1.807) is 12.3 Å². The van der Waals surface area contributed by atoms with E-state index in [1.165, 1.54) is 42.9 Å². The van der Waals surface area contributed by atoms with Gasteiger partial charge in [-0.2, -0.15) is 5.26 Å². The van der Waals surface area contributed by atoms with Crippen molar-refractivity contribution >= 4 is 27.4 Å². The van der Waals surface area contributed by atoms with Gasteiger partial charge in [-0.05, 0) is 30.7 Å². The number of rotatable bonds is 5. The summed E-state index contributed by atoms with van der Waals surface area (Å²) in [6.45, 7) is 1.81. The molecule has 0 aliphatic carbocycles. The Morgan fingerprint density at radius 1 is 1.13 bits per heavy atom. The van der Waals surface area contributed by atoms with E-state index in [0.717, 1.165) is 5.56 Å². The van der Waals surface area contributed by atoms with Crippen LogP contribution < -0.4 is 20.5 Å². The Morgan fingerprint density at radius 2 is 1.87 bits per heavy atom. The molecule has 4 N–H and O–H groups in total. The molecule has 2 aromatic heterocycles. The predicted molar refractivity (Wildman–Crippen MR) is 108 cm³/mol. The highest BCUT2D eigenvalue weighted by Gasteiger charge is 2.16. The van der Waals surface area contributed by atoms with Crippen molar-refractivity contribution in [1.29, 1.82) is 5.26 Å². The number of pyridine rings is 2. The van der Waals surface area contributed by atoms with Crippen LogP contribution in [-0.2, 0) is 10.0 Å². The van der Waals surface area contributed by atoms with E-state index in [1.807, 2.05) is 13.0 Å². The summed E-state index contributed by atoms with van der Waals surface area (Å²) in [5.41, 5.74) is 1.45. The maximum atomic E-state index is 12.4. The molecule has 152 valence electrons. The van der Waals surface area contributed by atoms with Gasteiger partial charge in [-0.15, -0.1) is 0 Å². The van der Waals surface area contributed by atoms with Crippen LogP contribution in [0.2, 0.25) is 0 Å². The minimum Gasteiger partial charge on any atom is -0.454 e. The summed E-state index contributed by atoms with van der Waals surface area (Å²) in [7, 11) is -3.94. The van der Waals surface area contributed by atoms with Crippen molar-refractivity contribution in [1.82, 2.24) is 9.97 Å². The van der Waals surface area contributed by atoms with Gasteiger partial charge in [-0.25, -0.2) is 18.4 Å². The third-order valence-corrected chi connectivity index (χ3v) is 4.82. The molecule has 11 heteroatoms. The smallest absolute Gasteiger partial charge is 0.323 e. The van der Waals surface area contributed by atoms with Crippen LogP contribution in [0.4, 0.5) is 16.2 Å². The topological polar surface area (TPSA) is 160 Å². The molecule has 0 aliphatic rings. The van der Waals surface area contributed by atoms with Crippen LogP contribution in [0.1, 0.15) is 11.1 Å². The van der Waals surface area contributed by atoms with Crippen molar-refractivity contribution in [3.05, 3.63) is 66.2 Å². The maximum absolute atomic E-state index is 12.4. The summed E-state index contributed by atoms with van der Waals surface area (Å²) < 4.78 is 28.8. The molecule has 0 aliphatic heterocycles. The molecular weight excluding hydrogens is 408 g/mol. The Labute approximate surface area is 172 Å². The number of carbonyl (C=O) groups excluding carboxylic acids is 1. The zero-order chi connectivity index (χ0) is 21.7. The number of benzene rings is 1. The molecule has 0 spiro atoms. The monoisotopic (exact) mass is 424 g/mol. The quantitative estimate of drug-likeness (QED) is 0.567. The van der Waals surface area contributed by atoms with E-state index in [2.05, 4.69) is 20.6 Å². The van der Waals surface area contributed by atoms with Gasteiger partial charge in [0.25, 0.3) is 0 Å². The fraction of sp³-hybridized carbons (Fsp3) is 0.0526. The van der Waals surface area contributed by atoms with Crippen molar-refractivity contribution in [2.45, 2.75) is 11.8 Å². The standard InChI is InChI=1S/C19H16N6O4S/c1-12-5-6-22-10-16(12)24-19(26)25-17-11-23-9-13(8-20)18(17)29-14-3-2-4-15(7-14)30(21,27)28/h2-7,9-11H,1H3,(H2,21,27,28)(H2,24,25,26). The first-order valence-corrected chi connectivity index (χ1v) is 10.00. The van der Waals surface area contributed by atoms with E-state index < -0.39 is 16.1 Å². The molecule has 0 atom stereocenters. The molecule has 0 saturated heterocycles. The first-order valence-electron chi connectivity index (χ1n) is 8.45. The number of anilines is 2. The number of aromatic nitrogens is 2. The van der Waals surface area contributed by atoms with Gasteiger partial charge < -0.3 is 15.4 Å². The van der Waals surface area contributed by atoms with E-state index in [0.29, 0.717) is 5.69 Å². The van der Waals surface area contributed by atoms with Gasteiger partial charge in [-0.1, -0.05) is 6.07 Å². The third kappa shape index (κ3) is 4.88. The molecule has 0 unspecified atom stereocenters. The summed E-state index contributed by atoms with van der Waals surface area (Å²) in [6.07, 6.45) is 5.65. The van der Waals surface area contributed by atoms with Crippen LogP contribution in [0.25, 0.3) is 0 Å². The fourth-order valence-corrected chi connectivity index (χ4v) is 2.98. The molecule has 0 fully saturated rings. The average molecular weight is 424 g/mol. The Balaban J connectivity index is 1.90. The first-order chi connectivity index (χ1) is 14.3. The molecular formula is C19H16N6O4S. The van der Waals surface area contributed by atoms with Crippen molar-refractivity contribution < 1.29 is 17.9 Å². The summed E-state index contributed by atoms with van der Waals surface area (Å²) in [4.78, 5) is 20.1. The van der Waals surface area contributed by atoms with E-state index in [9.17, 15) is 18.5 Å². The second-order valence-electron chi connectivity index (χ2n) is 6.07. The molecule has 0 bridgehead atoms. The van der Waals surface area contributed by atoms with Crippen LogP contribution in [0.3, 0.4) is 0 Å². The molecule has 30 heavy (non-hydrogen) atoms. The number of hydrogen-bond acceptors (Lipinski definition) is 7. The van der Waals surface area contributed by atoms with Crippen molar-refractivity contribution in [3.8, 4) is 17.6 Å². The number of sulfonamides is 1. The number of ether oxygens (including phenoxy) is 1. The number of nitrogens with two attached hydrogens (primary N) is 1.